The third-order valence-electron chi connectivity index (χ3n) is 2.97. The van der Waals surface area contributed by atoms with Gasteiger partial charge in [0.2, 0.25) is 0 Å². The van der Waals surface area contributed by atoms with Crippen molar-refractivity contribution in [1.29, 1.82) is 0 Å². The fourth-order valence-electron chi connectivity index (χ4n) is 1.87. The van der Waals surface area contributed by atoms with Crippen LogP contribution in [0.5, 0.6) is 0 Å². The molecule has 21 heavy (non-hydrogen) atoms. The van der Waals surface area contributed by atoms with Gasteiger partial charge in [-0.25, -0.2) is 4.39 Å². The first-order valence-corrected chi connectivity index (χ1v) is 7.23. The van der Waals surface area contributed by atoms with Gasteiger partial charge in [-0.3, -0.25) is 4.79 Å². The molecule has 0 aliphatic rings. The highest BCUT2D eigenvalue weighted by molar-refractivity contribution is 6.35. The predicted molar refractivity (Wildman–Crippen MR) is 83.8 cm³/mol. The molecule has 1 unspecified atom stereocenters. The third kappa shape index (κ3) is 3.67. The van der Waals surface area contributed by atoms with E-state index in [-0.39, 0.29) is 16.0 Å². The van der Waals surface area contributed by atoms with Crippen molar-refractivity contribution in [2.45, 2.75) is 13.0 Å². The summed E-state index contributed by atoms with van der Waals surface area (Å²) in [6.45, 7) is 1.70. The van der Waals surface area contributed by atoms with E-state index in [1.807, 2.05) is 0 Å². The van der Waals surface area contributed by atoms with E-state index in [9.17, 15) is 9.18 Å². The SMILES string of the molecule is CC(NC(=O)c1ccccc1Cl)c1cc(F)c(Cl)cc1Cl. The Labute approximate surface area is 136 Å². The highest BCUT2D eigenvalue weighted by Crippen LogP contribution is 2.29. The fraction of sp³-hybridized carbons (Fsp3) is 0.133. The molecule has 1 atom stereocenters. The monoisotopic (exact) mass is 345 g/mol. The Morgan fingerprint density at radius 1 is 1.10 bits per heavy atom. The molecule has 0 aliphatic carbocycles. The molecule has 0 fully saturated rings. The molecule has 0 saturated heterocycles. The summed E-state index contributed by atoms with van der Waals surface area (Å²) in [6, 6.07) is 8.69. The fourth-order valence-corrected chi connectivity index (χ4v) is 2.64. The minimum atomic E-state index is -0.588. The molecule has 2 aromatic carbocycles. The molecule has 0 heterocycles. The van der Waals surface area contributed by atoms with Gasteiger partial charge in [-0.05, 0) is 36.8 Å². The van der Waals surface area contributed by atoms with Gasteiger partial charge < -0.3 is 5.32 Å². The Kier molecular flexibility index (Phi) is 5.09. The zero-order valence-corrected chi connectivity index (χ0v) is 13.2. The van der Waals surface area contributed by atoms with Crippen LogP contribution in [0, 0.1) is 5.82 Å². The Morgan fingerprint density at radius 3 is 2.43 bits per heavy atom. The molecule has 2 rings (SSSR count). The zero-order valence-electron chi connectivity index (χ0n) is 11.0. The Balaban J connectivity index is 2.22. The average molecular weight is 347 g/mol. The average Bonchev–Trinajstić information content (AvgIpc) is 2.43. The van der Waals surface area contributed by atoms with Crippen LogP contribution in [-0.2, 0) is 0 Å². The molecule has 2 aromatic rings. The van der Waals surface area contributed by atoms with Gasteiger partial charge in [-0.1, -0.05) is 46.9 Å². The van der Waals surface area contributed by atoms with E-state index in [0.29, 0.717) is 16.1 Å². The van der Waals surface area contributed by atoms with Crippen LogP contribution in [0.1, 0.15) is 28.9 Å². The smallest absolute Gasteiger partial charge is 0.253 e. The number of hydrogen-bond donors (Lipinski definition) is 1. The van der Waals surface area contributed by atoms with Crippen molar-refractivity contribution in [2.24, 2.45) is 0 Å². The zero-order chi connectivity index (χ0) is 15.6. The molecule has 110 valence electrons. The van der Waals surface area contributed by atoms with E-state index in [1.54, 1.807) is 31.2 Å². The highest BCUT2D eigenvalue weighted by Gasteiger charge is 2.17. The first kappa shape index (κ1) is 16.1. The summed E-state index contributed by atoms with van der Waals surface area (Å²) in [5, 5.41) is 3.29. The molecule has 1 N–H and O–H groups in total. The molecule has 0 aromatic heterocycles. The molecular formula is C15H11Cl3FNO. The van der Waals surface area contributed by atoms with Gasteiger partial charge in [0, 0.05) is 5.02 Å². The van der Waals surface area contributed by atoms with Gasteiger partial charge in [0.1, 0.15) is 5.82 Å². The third-order valence-corrected chi connectivity index (χ3v) is 3.92. The van der Waals surface area contributed by atoms with E-state index < -0.39 is 11.9 Å². The molecule has 6 heteroatoms. The van der Waals surface area contributed by atoms with Gasteiger partial charge in [-0.15, -0.1) is 0 Å². The molecule has 1 amide bonds. The van der Waals surface area contributed by atoms with E-state index in [4.69, 9.17) is 34.8 Å². The lowest BCUT2D eigenvalue weighted by Crippen LogP contribution is -2.27. The molecule has 2 nitrogen and oxygen atoms in total. The van der Waals surface area contributed by atoms with Crippen molar-refractivity contribution in [3.63, 3.8) is 0 Å². The van der Waals surface area contributed by atoms with Crippen molar-refractivity contribution in [3.8, 4) is 0 Å². The summed E-state index contributed by atoms with van der Waals surface area (Å²) in [4.78, 5) is 12.2. The lowest BCUT2D eigenvalue weighted by Gasteiger charge is -2.16. The van der Waals surface area contributed by atoms with Crippen LogP contribution >= 0.6 is 34.8 Å². The molecule has 0 aliphatic heterocycles. The minimum absolute atomic E-state index is 0.0617. The van der Waals surface area contributed by atoms with Crippen LogP contribution in [0.3, 0.4) is 0 Å². The van der Waals surface area contributed by atoms with Crippen molar-refractivity contribution < 1.29 is 9.18 Å². The Morgan fingerprint density at radius 2 is 1.76 bits per heavy atom. The van der Waals surface area contributed by atoms with E-state index in [2.05, 4.69) is 5.32 Å². The number of benzene rings is 2. The van der Waals surface area contributed by atoms with Gasteiger partial charge in [-0.2, -0.15) is 0 Å². The van der Waals surface area contributed by atoms with E-state index in [0.717, 1.165) is 0 Å². The lowest BCUT2D eigenvalue weighted by molar-refractivity contribution is 0.0940. The van der Waals surface area contributed by atoms with Crippen molar-refractivity contribution in [2.75, 3.05) is 0 Å². The van der Waals surface area contributed by atoms with Crippen LogP contribution < -0.4 is 5.32 Å². The first-order valence-electron chi connectivity index (χ1n) is 6.10. The largest absolute Gasteiger partial charge is 0.345 e. The Hall–Kier alpha value is -1.29. The standard InChI is InChI=1S/C15H11Cl3FNO/c1-8(10-6-14(19)13(18)7-12(10)17)20-15(21)9-4-2-3-5-11(9)16/h2-8H,1H3,(H,20,21). The van der Waals surface area contributed by atoms with Gasteiger partial charge in [0.05, 0.1) is 21.7 Å². The van der Waals surface area contributed by atoms with Crippen LogP contribution in [0.4, 0.5) is 4.39 Å². The number of rotatable bonds is 3. The first-order chi connectivity index (χ1) is 9.90. The predicted octanol–water partition coefficient (Wildman–Crippen LogP) is 5.28. The molecule has 0 bridgehead atoms. The second-order valence-corrected chi connectivity index (χ2v) is 5.68. The highest BCUT2D eigenvalue weighted by atomic mass is 35.5. The maximum atomic E-state index is 13.5. The van der Waals surface area contributed by atoms with E-state index >= 15 is 0 Å². The molecule has 0 radical (unpaired) electrons. The lowest BCUT2D eigenvalue weighted by atomic mass is 10.1. The normalized spacial score (nSPS) is 12.0. The summed E-state index contributed by atoms with van der Waals surface area (Å²) >= 11 is 17.6. The number of carbonyl (C=O) groups excluding carboxylic acids is 1. The molecule has 0 spiro atoms. The van der Waals surface area contributed by atoms with Gasteiger partial charge in [0.25, 0.3) is 5.91 Å². The van der Waals surface area contributed by atoms with Gasteiger partial charge in [0.15, 0.2) is 0 Å². The number of nitrogens with one attached hydrogen (secondary N) is 1. The van der Waals surface area contributed by atoms with Crippen LogP contribution in [-0.4, -0.2) is 5.91 Å². The summed E-state index contributed by atoms with van der Waals surface area (Å²) in [7, 11) is 0. The van der Waals surface area contributed by atoms with E-state index in [1.165, 1.54) is 12.1 Å². The summed E-state index contributed by atoms with van der Waals surface area (Å²) < 4.78 is 13.5. The molecular weight excluding hydrogens is 336 g/mol. The van der Waals surface area contributed by atoms with Crippen LogP contribution in [0.15, 0.2) is 36.4 Å². The maximum absolute atomic E-state index is 13.5. The van der Waals surface area contributed by atoms with Crippen molar-refractivity contribution in [3.05, 3.63) is 68.4 Å². The summed E-state index contributed by atoms with van der Waals surface area (Å²) in [6.07, 6.45) is 0. The van der Waals surface area contributed by atoms with Crippen molar-refractivity contribution in [1.82, 2.24) is 5.32 Å². The number of halogens is 4. The number of amides is 1. The van der Waals surface area contributed by atoms with Crippen molar-refractivity contribution >= 4 is 40.7 Å². The summed E-state index contributed by atoms with van der Waals surface area (Å²) in [5.41, 5.74) is 0.788. The second kappa shape index (κ2) is 6.65. The minimum Gasteiger partial charge on any atom is -0.345 e. The topological polar surface area (TPSA) is 29.1 Å². The maximum Gasteiger partial charge on any atom is 0.253 e. The van der Waals surface area contributed by atoms with Gasteiger partial charge >= 0.3 is 0 Å². The Bertz CT molecular complexity index is 691. The van der Waals surface area contributed by atoms with Crippen LogP contribution in [0.25, 0.3) is 0 Å². The van der Waals surface area contributed by atoms with Crippen LogP contribution in [0.2, 0.25) is 15.1 Å². The summed E-state index contributed by atoms with van der Waals surface area (Å²) in [5.74, 6) is -0.950. The molecule has 0 saturated carbocycles. The quantitative estimate of drug-likeness (QED) is 0.753. The number of hydrogen-bond acceptors (Lipinski definition) is 1. The number of carbonyl (C=O) groups is 1. The second-order valence-electron chi connectivity index (χ2n) is 4.46.